The molecule has 28 heavy (non-hydrogen) atoms. The summed E-state index contributed by atoms with van der Waals surface area (Å²) in [5, 5.41) is 7.59. The summed E-state index contributed by atoms with van der Waals surface area (Å²) >= 11 is 0. The van der Waals surface area contributed by atoms with Crippen molar-refractivity contribution in [1.82, 2.24) is 10.6 Å². The second kappa shape index (κ2) is 8.23. The second-order valence-electron chi connectivity index (χ2n) is 6.35. The number of nitrogens with one attached hydrogen (secondary N) is 3. The maximum absolute atomic E-state index is 12.7. The van der Waals surface area contributed by atoms with Crippen molar-refractivity contribution in [2.45, 2.75) is 37.5 Å². The Morgan fingerprint density at radius 3 is 2.68 bits per heavy atom. The Balaban J connectivity index is 1.54. The second-order valence-corrected chi connectivity index (χ2v) is 6.35. The van der Waals surface area contributed by atoms with Crippen LogP contribution in [0.25, 0.3) is 0 Å². The standard InChI is InChI=1S/C17H20F3N3O5/c1-2-21-15(24)23-11-7-26-14-12(8-27-13(11)14)28-16(25)22-10-5-3-4-9(6-10)17(18,19)20/h3-6,11-14H,2,7-8H2,1H3,(H,22,25)(H2,21,23,24). The summed E-state index contributed by atoms with van der Waals surface area (Å²) in [6.45, 7) is 2.50. The molecule has 2 fully saturated rings. The van der Waals surface area contributed by atoms with Crippen LogP contribution < -0.4 is 16.0 Å². The molecular formula is C17H20F3N3O5. The normalized spacial score (nSPS) is 26.4. The number of carbonyl (C=O) groups is 2. The zero-order valence-electron chi connectivity index (χ0n) is 14.9. The molecule has 0 aromatic heterocycles. The Morgan fingerprint density at radius 1 is 1.21 bits per heavy atom. The molecule has 0 saturated carbocycles. The van der Waals surface area contributed by atoms with E-state index in [1.54, 1.807) is 6.92 Å². The first-order chi connectivity index (χ1) is 13.3. The van der Waals surface area contributed by atoms with E-state index in [0.29, 0.717) is 6.54 Å². The van der Waals surface area contributed by atoms with E-state index in [4.69, 9.17) is 14.2 Å². The van der Waals surface area contributed by atoms with Crippen LogP contribution in [0, 0.1) is 0 Å². The third-order valence-electron chi connectivity index (χ3n) is 4.36. The summed E-state index contributed by atoms with van der Waals surface area (Å²) in [6, 6.07) is 3.48. The van der Waals surface area contributed by atoms with E-state index in [-0.39, 0.29) is 24.9 Å². The highest BCUT2D eigenvalue weighted by Crippen LogP contribution is 2.31. The topological polar surface area (TPSA) is 97.9 Å². The van der Waals surface area contributed by atoms with Gasteiger partial charge in [0.05, 0.1) is 24.8 Å². The minimum atomic E-state index is -4.52. The molecule has 4 unspecified atom stereocenters. The number of alkyl halides is 3. The lowest BCUT2D eigenvalue weighted by atomic mass is 10.1. The lowest BCUT2D eigenvalue weighted by Crippen LogP contribution is -2.48. The van der Waals surface area contributed by atoms with Gasteiger partial charge in [0, 0.05) is 12.2 Å². The number of rotatable bonds is 4. The van der Waals surface area contributed by atoms with Crippen molar-refractivity contribution >= 4 is 17.8 Å². The highest BCUT2D eigenvalue weighted by atomic mass is 19.4. The number of hydrogen-bond donors (Lipinski definition) is 3. The zero-order chi connectivity index (χ0) is 20.3. The molecule has 3 rings (SSSR count). The fourth-order valence-electron chi connectivity index (χ4n) is 3.13. The summed E-state index contributed by atoms with van der Waals surface area (Å²) in [5.74, 6) is 0. The molecule has 2 heterocycles. The van der Waals surface area contributed by atoms with Gasteiger partial charge in [-0.15, -0.1) is 0 Å². The Kier molecular flexibility index (Phi) is 5.94. The van der Waals surface area contributed by atoms with Gasteiger partial charge in [-0.2, -0.15) is 13.2 Å². The van der Waals surface area contributed by atoms with Gasteiger partial charge in [0.1, 0.15) is 12.2 Å². The van der Waals surface area contributed by atoms with E-state index in [0.717, 1.165) is 12.1 Å². The van der Waals surface area contributed by atoms with Crippen LogP contribution in [0.5, 0.6) is 0 Å². The molecule has 8 nitrogen and oxygen atoms in total. The predicted octanol–water partition coefficient (Wildman–Crippen LogP) is 2.11. The zero-order valence-corrected chi connectivity index (χ0v) is 14.9. The van der Waals surface area contributed by atoms with Crippen molar-refractivity contribution in [3.63, 3.8) is 0 Å². The van der Waals surface area contributed by atoms with Gasteiger partial charge in [-0.25, -0.2) is 9.59 Å². The number of benzene rings is 1. The molecule has 2 aliphatic rings. The van der Waals surface area contributed by atoms with Gasteiger partial charge in [0.15, 0.2) is 6.10 Å². The van der Waals surface area contributed by atoms with Gasteiger partial charge < -0.3 is 24.8 Å². The average Bonchev–Trinajstić information content (AvgIpc) is 3.18. The molecule has 4 atom stereocenters. The van der Waals surface area contributed by atoms with E-state index < -0.39 is 42.2 Å². The van der Waals surface area contributed by atoms with Gasteiger partial charge in [-0.1, -0.05) is 6.07 Å². The average molecular weight is 403 g/mol. The molecule has 1 aromatic carbocycles. The van der Waals surface area contributed by atoms with Crippen LogP contribution in [-0.4, -0.2) is 56.2 Å². The van der Waals surface area contributed by atoms with Crippen LogP contribution in [0.15, 0.2) is 24.3 Å². The van der Waals surface area contributed by atoms with Crippen molar-refractivity contribution in [1.29, 1.82) is 0 Å². The predicted molar refractivity (Wildman–Crippen MR) is 90.8 cm³/mol. The molecule has 3 N–H and O–H groups in total. The SMILES string of the molecule is CCNC(=O)NC1COC2C(OC(=O)Nc3cccc(C(F)(F)F)c3)COC12. The number of hydrogen-bond acceptors (Lipinski definition) is 5. The Labute approximate surface area is 158 Å². The first-order valence-corrected chi connectivity index (χ1v) is 8.70. The first-order valence-electron chi connectivity index (χ1n) is 8.70. The van der Waals surface area contributed by atoms with Crippen LogP contribution in [-0.2, 0) is 20.4 Å². The molecule has 2 saturated heterocycles. The number of amides is 3. The van der Waals surface area contributed by atoms with E-state index in [9.17, 15) is 22.8 Å². The molecule has 1 aromatic rings. The Bertz CT molecular complexity index is 730. The van der Waals surface area contributed by atoms with E-state index >= 15 is 0 Å². The molecule has 11 heteroatoms. The number of carbonyl (C=O) groups excluding carboxylic acids is 2. The molecule has 2 aliphatic heterocycles. The summed E-state index contributed by atoms with van der Waals surface area (Å²) in [7, 11) is 0. The van der Waals surface area contributed by atoms with Crippen molar-refractivity contribution in [2.75, 3.05) is 25.1 Å². The van der Waals surface area contributed by atoms with E-state index in [2.05, 4.69) is 16.0 Å². The van der Waals surface area contributed by atoms with Crippen molar-refractivity contribution < 1.29 is 37.0 Å². The Morgan fingerprint density at radius 2 is 1.96 bits per heavy atom. The molecule has 0 radical (unpaired) electrons. The number of fused-ring (bicyclic) bond motifs is 1. The molecule has 0 spiro atoms. The summed E-state index contributed by atoms with van der Waals surface area (Å²) < 4.78 is 54.6. The minimum absolute atomic E-state index is 0.0431. The van der Waals surface area contributed by atoms with Gasteiger partial charge >= 0.3 is 18.3 Å². The minimum Gasteiger partial charge on any atom is -0.441 e. The largest absolute Gasteiger partial charge is 0.441 e. The van der Waals surface area contributed by atoms with Crippen molar-refractivity contribution in [2.24, 2.45) is 0 Å². The Hall–Kier alpha value is -2.53. The molecule has 154 valence electrons. The summed E-state index contributed by atoms with van der Waals surface area (Å²) in [4.78, 5) is 23.7. The maximum Gasteiger partial charge on any atom is 0.416 e. The number of urea groups is 1. The molecule has 0 bridgehead atoms. The van der Waals surface area contributed by atoms with Crippen LogP contribution in [0.1, 0.15) is 12.5 Å². The number of anilines is 1. The van der Waals surface area contributed by atoms with Crippen LogP contribution >= 0.6 is 0 Å². The van der Waals surface area contributed by atoms with Crippen LogP contribution in [0.4, 0.5) is 28.4 Å². The lowest BCUT2D eigenvalue weighted by Gasteiger charge is -2.18. The van der Waals surface area contributed by atoms with E-state index in [1.165, 1.54) is 12.1 Å². The van der Waals surface area contributed by atoms with Crippen molar-refractivity contribution in [3.8, 4) is 0 Å². The highest BCUT2D eigenvalue weighted by Gasteiger charge is 2.50. The highest BCUT2D eigenvalue weighted by molar-refractivity contribution is 5.84. The monoisotopic (exact) mass is 403 g/mol. The van der Waals surface area contributed by atoms with Gasteiger partial charge in [0.25, 0.3) is 0 Å². The maximum atomic E-state index is 12.7. The first kappa shape index (κ1) is 20.2. The third kappa shape index (κ3) is 4.65. The number of halogens is 3. The number of ether oxygens (including phenoxy) is 3. The fourth-order valence-corrected chi connectivity index (χ4v) is 3.13. The van der Waals surface area contributed by atoms with Crippen LogP contribution in [0.3, 0.4) is 0 Å². The van der Waals surface area contributed by atoms with Crippen molar-refractivity contribution in [3.05, 3.63) is 29.8 Å². The molecular weight excluding hydrogens is 383 g/mol. The van der Waals surface area contributed by atoms with E-state index in [1.807, 2.05) is 0 Å². The van der Waals surface area contributed by atoms with Crippen LogP contribution in [0.2, 0.25) is 0 Å². The van der Waals surface area contributed by atoms with Gasteiger partial charge in [-0.3, -0.25) is 5.32 Å². The third-order valence-corrected chi connectivity index (χ3v) is 4.36. The fraction of sp³-hybridized carbons (Fsp3) is 0.529. The smallest absolute Gasteiger partial charge is 0.416 e. The quantitative estimate of drug-likeness (QED) is 0.716. The lowest BCUT2D eigenvalue weighted by molar-refractivity contribution is -0.137. The molecule has 0 aliphatic carbocycles. The summed E-state index contributed by atoms with van der Waals surface area (Å²) in [6.07, 6.45) is -7.22. The van der Waals surface area contributed by atoms with Gasteiger partial charge in [-0.05, 0) is 25.1 Å². The molecule has 3 amide bonds. The summed E-state index contributed by atoms with van der Waals surface area (Å²) in [5.41, 5.74) is -0.925. The van der Waals surface area contributed by atoms with Gasteiger partial charge in [0.2, 0.25) is 0 Å².